The van der Waals surface area contributed by atoms with Gasteiger partial charge in [0.2, 0.25) is 0 Å². The predicted molar refractivity (Wildman–Crippen MR) is 96.7 cm³/mol. The van der Waals surface area contributed by atoms with Crippen molar-refractivity contribution < 1.29 is 22.7 Å². The van der Waals surface area contributed by atoms with E-state index in [-0.39, 0.29) is 11.7 Å². The van der Waals surface area contributed by atoms with Crippen molar-refractivity contribution in [1.82, 2.24) is 9.69 Å². The summed E-state index contributed by atoms with van der Waals surface area (Å²) < 4.78 is 44.8. The molecule has 0 atom stereocenters. The van der Waals surface area contributed by atoms with E-state index in [0.717, 1.165) is 10.4 Å². The second-order valence-electron chi connectivity index (χ2n) is 5.66. The molecule has 1 N–H and O–H groups in total. The quantitative estimate of drug-likeness (QED) is 0.663. The fourth-order valence-electron chi connectivity index (χ4n) is 2.50. The van der Waals surface area contributed by atoms with Gasteiger partial charge in [-0.1, -0.05) is 24.3 Å². The highest BCUT2D eigenvalue weighted by Crippen LogP contribution is 2.24. The van der Waals surface area contributed by atoms with Crippen molar-refractivity contribution in [2.24, 2.45) is 0 Å². The smallest absolute Gasteiger partial charge is 0.406 e. The van der Waals surface area contributed by atoms with Crippen LogP contribution in [0.3, 0.4) is 0 Å². The summed E-state index contributed by atoms with van der Waals surface area (Å²) >= 11 is 1.34. The van der Waals surface area contributed by atoms with Gasteiger partial charge in [-0.25, -0.2) is 4.37 Å². The number of alkyl halides is 3. The number of halogens is 3. The van der Waals surface area contributed by atoms with Crippen LogP contribution >= 0.6 is 11.5 Å². The fourth-order valence-corrected chi connectivity index (χ4v) is 3.09. The molecule has 0 aliphatic carbocycles. The van der Waals surface area contributed by atoms with E-state index in [1.165, 1.54) is 29.7 Å². The lowest BCUT2D eigenvalue weighted by Gasteiger charge is -2.10. The molecule has 3 aromatic rings. The number of hydrogen-bond donors (Lipinski definition) is 1. The minimum atomic E-state index is -4.73. The molecule has 0 unspecified atom stereocenters. The lowest BCUT2D eigenvalue weighted by atomic mass is 10.1. The number of carbonyl (C=O) groups excluding carboxylic acids is 1. The summed E-state index contributed by atoms with van der Waals surface area (Å²) in [5.41, 5.74) is 2.05. The van der Waals surface area contributed by atoms with Crippen LogP contribution in [0.2, 0.25) is 0 Å². The van der Waals surface area contributed by atoms with Gasteiger partial charge < -0.3 is 10.1 Å². The molecule has 1 amide bonds. The predicted octanol–water partition coefficient (Wildman–Crippen LogP) is 4.68. The first-order valence-electron chi connectivity index (χ1n) is 8.05. The standard InChI is InChI=1S/C19H15F3N2O2S/c20-19(21,22)26-16-6-1-3-13(11-16)7-9-23-18(25)15-5-2-4-14(12-15)17-8-10-24-27-17/h1-6,8,10-12H,7,9H2,(H,23,25). The maximum Gasteiger partial charge on any atom is 0.573 e. The zero-order chi connectivity index (χ0) is 19.3. The van der Waals surface area contributed by atoms with Crippen LogP contribution in [-0.2, 0) is 6.42 Å². The van der Waals surface area contributed by atoms with Crippen LogP contribution in [0.25, 0.3) is 10.4 Å². The Morgan fingerprint density at radius 2 is 1.93 bits per heavy atom. The molecule has 0 aliphatic rings. The summed E-state index contributed by atoms with van der Waals surface area (Å²) in [4.78, 5) is 13.3. The number of benzene rings is 2. The number of rotatable bonds is 6. The molecule has 0 aliphatic heterocycles. The van der Waals surface area contributed by atoms with Crippen molar-refractivity contribution in [3.05, 3.63) is 71.9 Å². The summed E-state index contributed by atoms with van der Waals surface area (Å²) in [6.07, 6.45) is -2.64. The molecule has 27 heavy (non-hydrogen) atoms. The summed E-state index contributed by atoms with van der Waals surface area (Å²) in [6, 6.07) is 14.8. The van der Waals surface area contributed by atoms with E-state index in [1.807, 2.05) is 12.1 Å². The average molecular weight is 392 g/mol. The second kappa shape index (κ2) is 8.22. The second-order valence-corrected chi connectivity index (χ2v) is 6.49. The van der Waals surface area contributed by atoms with E-state index in [4.69, 9.17) is 0 Å². The van der Waals surface area contributed by atoms with Gasteiger partial charge in [0.25, 0.3) is 5.91 Å². The van der Waals surface area contributed by atoms with Crippen LogP contribution in [0.1, 0.15) is 15.9 Å². The maximum absolute atomic E-state index is 12.3. The number of aromatic nitrogens is 1. The number of nitrogens with one attached hydrogen (secondary N) is 1. The number of amides is 1. The van der Waals surface area contributed by atoms with E-state index in [1.54, 1.807) is 30.5 Å². The Bertz CT molecular complexity index is 911. The van der Waals surface area contributed by atoms with E-state index >= 15 is 0 Å². The summed E-state index contributed by atoms with van der Waals surface area (Å²) in [6.45, 7) is 0.291. The van der Waals surface area contributed by atoms with Crippen molar-refractivity contribution in [2.45, 2.75) is 12.8 Å². The highest BCUT2D eigenvalue weighted by Gasteiger charge is 2.31. The first-order valence-corrected chi connectivity index (χ1v) is 8.82. The van der Waals surface area contributed by atoms with Gasteiger partial charge in [0.05, 0.1) is 4.88 Å². The van der Waals surface area contributed by atoms with E-state index in [9.17, 15) is 18.0 Å². The molecule has 140 valence electrons. The molecule has 3 rings (SSSR count). The van der Waals surface area contributed by atoms with Crippen molar-refractivity contribution in [1.29, 1.82) is 0 Å². The monoisotopic (exact) mass is 392 g/mol. The van der Waals surface area contributed by atoms with Gasteiger partial charge in [0.15, 0.2) is 0 Å². The average Bonchev–Trinajstić information content (AvgIpc) is 3.15. The van der Waals surface area contributed by atoms with Crippen molar-refractivity contribution in [2.75, 3.05) is 6.54 Å². The van der Waals surface area contributed by atoms with Crippen molar-refractivity contribution >= 4 is 17.4 Å². The van der Waals surface area contributed by atoms with Crippen LogP contribution in [0.4, 0.5) is 13.2 Å². The summed E-state index contributed by atoms with van der Waals surface area (Å²) in [5.74, 6) is -0.521. The van der Waals surface area contributed by atoms with Crippen LogP contribution in [0, 0.1) is 0 Å². The molecule has 4 nitrogen and oxygen atoms in total. The molecular weight excluding hydrogens is 377 g/mol. The lowest BCUT2D eigenvalue weighted by molar-refractivity contribution is -0.274. The molecule has 0 bridgehead atoms. The molecular formula is C19H15F3N2O2S. The van der Waals surface area contributed by atoms with E-state index in [0.29, 0.717) is 24.1 Å². The Morgan fingerprint density at radius 1 is 1.11 bits per heavy atom. The van der Waals surface area contributed by atoms with Crippen molar-refractivity contribution in [3.63, 3.8) is 0 Å². The SMILES string of the molecule is O=C(NCCc1cccc(OC(F)(F)F)c1)c1cccc(-c2ccns2)c1. The lowest BCUT2D eigenvalue weighted by Crippen LogP contribution is -2.25. The third-order valence-corrected chi connectivity index (χ3v) is 4.47. The molecule has 0 spiro atoms. The summed E-state index contributed by atoms with van der Waals surface area (Å²) in [5, 5.41) is 2.77. The zero-order valence-corrected chi connectivity index (χ0v) is 14.8. The Morgan fingerprint density at radius 3 is 2.67 bits per heavy atom. The normalized spacial score (nSPS) is 11.2. The zero-order valence-electron chi connectivity index (χ0n) is 14.0. The van der Waals surface area contributed by atoms with Gasteiger partial charge in [0, 0.05) is 18.3 Å². The molecule has 2 aromatic carbocycles. The van der Waals surface area contributed by atoms with Crippen LogP contribution in [0.15, 0.2) is 60.8 Å². The number of carbonyl (C=O) groups is 1. The Kier molecular flexibility index (Phi) is 5.75. The molecule has 0 fully saturated rings. The molecule has 1 aromatic heterocycles. The van der Waals surface area contributed by atoms with Crippen molar-refractivity contribution in [3.8, 4) is 16.2 Å². The van der Waals surface area contributed by atoms with Gasteiger partial charge in [-0.15, -0.1) is 13.2 Å². The van der Waals surface area contributed by atoms with Crippen LogP contribution in [-0.4, -0.2) is 23.2 Å². The first-order chi connectivity index (χ1) is 12.9. The number of hydrogen-bond acceptors (Lipinski definition) is 4. The highest BCUT2D eigenvalue weighted by molar-refractivity contribution is 7.09. The third kappa shape index (κ3) is 5.55. The number of nitrogens with zero attached hydrogens (tertiary/aromatic N) is 1. The van der Waals surface area contributed by atoms with Crippen LogP contribution in [0.5, 0.6) is 5.75 Å². The highest BCUT2D eigenvalue weighted by atomic mass is 32.1. The topological polar surface area (TPSA) is 51.2 Å². The molecule has 0 saturated heterocycles. The van der Waals surface area contributed by atoms with E-state index in [2.05, 4.69) is 14.4 Å². The van der Waals surface area contributed by atoms with Gasteiger partial charge in [0.1, 0.15) is 5.75 Å². The largest absolute Gasteiger partial charge is 0.573 e. The molecule has 8 heteroatoms. The van der Waals surface area contributed by atoms with Crippen LogP contribution < -0.4 is 10.1 Å². The first kappa shape index (κ1) is 18.9. The molecule has 1 heterocycles. The minimum absolute atomic E-state index is 0.246. The Hall–Kier alpha value is -2.87. The number of ether oxygens (including phenoxy) is 1. The van der Waals surface area contributed by atoms with Gasteiger partial charge in [-0.2, -0.15) is 0 Å². The third-order valence-electron chi connectivity index (χ3n) is 3.68. The van der Waals surface area contributed by atoms with Gasteiger partial charge in [-0.3, -0.25) is 4.79 Å². The summed E-state index contributed by atoms with van der Waals surface area (Å²) in [7, 11) is 0. The van der Waals surface area contributed by atoms with Gasteiger partial charge in [-0.05, 0) is 59.4 Å². The minimum Gasteiger partial charge on any atom is -0.406 e. The fraction of sp³-hybridized carbons (Fsp3) is 0.158. The van der Waals surface area contributed by atoms with Gasteiger partial charge >= 0.3 is 6.36 Å². The Labute approximate surface area is 157 Å². The maximum atomic E-state index is 12.3. The van der Waals surface area contributed by atoms with E-state index < -0.39 is 6.36 Å². The molecule has 0 saturated carbocycles. The molecule has 0 radical (unpaired) electrons. The Balaban J connectivity index is 1.57.